The van der Waals surface area contributed by atoms with Crippen LogP contribution < -0.4 is 5.32 Å². The third kappa shape index (κ3) is 4.46. The number of hydrogen-bond acceptors (Lipinski definition) is 3. The number of halogens is 4. The highest BCUT2D eigenvalue weighted by Crippen LogP contribution is 2.33. The highest BCUT2D eigenvalue weighted by Gasteiger charge is 2.34. The van der Waals surface area contributed by atoms with Crippen molar-refractivity contribution in [2.24, 2.45) is 0 Å². The van der Waals surface area contributed by atoms with Crippen LogP contribution in [-0.4, -0.2) is 45.5 Å². The van der Waals surface area contributed by atoms with E-state index in [1.165, 1.54) is 13.8 Å². The average molecular weight is 479 g/mol. The molecule has 4 rings (SSSR count). The molecule has 2 N–H and O–H groups in total. The molecule has 182 valence electrons. The van der Waals surface area contributed by atoms with Crippen molar-refractivity contribution in [3.05, 3.63) is 64.2 Å². The number of rotatable bonds is 3. The van der Waals surface area contributed by atoms with Gasteiger partial charge in [0.05, 0.1) is 13.1 Å². The molecule has 2 aromatic rings. The normalized spacial score (nSPS) is 16.6. The summed E-state index contributed by atoms with van der Waals surface area (Å²) in [7, 11) is 0. The van der Waals surface area contributed by atoms with Crippen LogP contribution in [0.3, 0.4) is 0 Å². The summed E-state index contributed by atoms with van der Waals surface area (Å²) in [6.45, 7) is 3.27. The molecule has 2 aliphatic rings. The molecule has 0 radical (unpaired) electrons. The zero-order chi connectivity index (χ0) is 24.8. The third-order valence-electron chi connectivity index (χ3n) is 6.40. The number of carbonyl (C=O) groups excluding carboxylic acids is 2. The van der Waals surface area contributed by atoms with E-state index in [0.29, 0.717) is 18.8 Å². The molecule has 3 amide bonds. The van der Waals surface area contributed by atoms with Crippen LogP contribution in [0.15, 0.2) is 24.3 Å². The van der Waals surface area contributed by atoms with Crippen LogP contribution in [0.5, 0.6) is 0 Å². The lowest BCUT2D eigenvalue weighted by atomic mass is 9.89. The van der Waals surface area contributed by atoms with E-state index < -0.39 is 34.9 Å². The lowest BCUT2D eigenvalue weighted by Crippen LogP contribution is -2.48. The van der Waals surface area contributed by atoms with Gasteiger partial charge in [-0.15, -0.1) is 0 Å². The molecule has 0 aromatic heterocycles. The van der Waals surface area contributed by atoms with Gasteiger partial charge in [0.1, 0.15) is 5.60 Å². The number of urea groups is 1. The van der Waals surface area contributed by atoms with E-state index in [9.17, 15) is 32.3 Å². The summed E-state index contributed by atoms with van der Waals surface area (Å²) in [4.78, 5) is 27.5. The fraction of sp³-hybridized carbons (Fsp3) is 0.417. The zero-order valence-electron chi connectivity index (χ0n) is 18.8. The van der Waals surface area contributed by atoms with E-state index in [2.05, 4.69) is 5.32 Å². The second kappa shape index (κ2) is 8.90. The monoisotopic (exact) mass is 479 g/mol. The summed E-state index contributed by atoms with van der Waals surface area (Å²) < 4.78 is 54.9. The molecular formula is C24H25F4N3O3. The van der Waals surface area contributed by atoms with Gasteiger partial charge in [0.25, 0.3) is 5.91 Å². The molecular weight excluding hydrogens is 454 g/mol. The van der Waals surface area contributed by atoms with Crippen LogP contribution in [0.2, 0.25) is 0 Å². The van der Waals surface area contributed by atoms with Crippen LogP contribution in [0.4, 0.5) is 28.0 Å². The summed E-state index contributed by atoms with van der Waals surface area (Å²) in [5.41, 5.74) is -0.634. The summed E-state index contributed by atoms with van der Waals surface area (Å²) in [6, 6.07) is 6.46. The molecule has 0 aliphatic carbocycles. The SMILES string of the molecule is CC(C)(O)C(=O)N1CCC(c2ccc(NC(=O)N3Cc4c(F)c(F)c(F)c(F)c4C3)cc2)CC1. The first-order valence-electron chi connectivity index (χ1n) is 11.0. The van der Waals surface area contributed by atoms with Crippen LogP contribution in [0.1, 0.15) is 49.3 Å². The van der Waals surface area contributed by atoms with Gasteiger partial charge in [-0.25, -0.2) is 22.4 Å². The minimum absolute atomic E-state index is 0.222. The Balaban J connectivity index is 1.36. The van der Waals surface area contributed by atoms with E-state index in [-0.39, 0.29) is 36.0 Å². The lowest BCUT2D eigenvalue weighted by Gasteiger charge is -2.35. The van der Waals surface area contributed by atoms with Crippen LogP contribution in [-0.2, 0) is 17.9 Å². The highest BCUT2D eigenvalue weighted by molar-refractivity contribution is 5.89. The molecule has 10 heteroatoms. The van der Waals surface area contributed by atoms with Crippen LogP contribution in [0, 0.1) is 23.3 Å². The number of benzene rings is 2. The van der Waals surface area contributed by atoms with E-state index in [1.54, 1.807) is 17.0 Å². The number of likely N-dealkylation sites (tertiary alicyclic amines) is 1. The number of fused-ring (bicyclic) bond motifs is 1. The van der Waals surface area contributed by atoms with Gasteiger partial charge >= 0.3 is 6.03 Å². The minimum atomic E-state index is -1.88. The molecule has 0 unspecified atom stereocenters. The molecule has 2 aliphatic heterocycles. The lowest BCUT2D eigenvalue weighted by molar-refractivity contribution is -0.148. The largest absolute Gasteiger partial charge is 0.381 e. The Kier molecular flexibility index (Phi) is 6.28. The molecule has 1 fully saturated rings. The zero-order valence-corrected chi connectivity index (χ0v) is 18.8. The Morgan fingerprint density at radius 1 is 0.882 bits per heavy atom. The highest BCUT2D eigenvalue weighted by atomic mass is 19.2. The van der Waals surface area contributed by atoms with Crippen molar-refractivity contribution >= 4 is 17.6 Å². The quantitative estimate of drug-likeness (QED) is 0.393. The summed E-state index contributed by atoms with van der Waals surface area (Å²) in [5, 5.41) is 12.5. The fourth-order valence-electron chi connectivity index (χ4n) is 4.48. The number of amides is 3. The van der Waals surface area contributed by atoms with Crippen LogP contribution >= 0.6 is 0 Å². The Labute approximate surface area is 194 Å². The average Bonchev–Trinajstić information content (AvgIpc) is 3.27. The van der Waals surface area contributed by atoms with E-state index in [1.807, 2.05) is 12.1 Å². The van der Waals surface area contributed by atoms with Crippen molar-refractivity contribution in [2.75, 3.05) is 18.4 Å². The smallest absolute Gasteiger partial charge is 0.322 e. The Bertz CT molecular complexity index is 1090. The second-order valence-corrected chi connectivity index (χ2v) is 9.25. The van der Waals surface area contributed by atoms with Crippen molar-refractivity contribution in [3.8, 4) is 0 Å². The number of nitrogens with zero attached hydrogens (tertiary/aromatic N) is 2. The third-order valence-corrected chi connectivity index (χ3v) is 6.40. The maximum atomic E-state index is 14.0. The van der Waals surface area contributed by atoms with Gasteiger partial charge in [0.15, 0.2) is 23.3 Å². The number of nitrogens with one attached hydrogen (secondary N) is 1. The molecule has 0 spiro atoms. The molecule has 2 heterocycles. The van der Waals surface area contributed by atoms with Crippen molar-refractivity contribution < 1.29 is 32.3 Å². The van der Waals surface area contributed by atoms with Gasteiger partial charge in [-0.05, 0) is 50.3 Å². The first-order valence-corrected chi connectivity index (χ1v) is 11.0. The molecule has 34 heavy (non-hydrogen) atoms. The first-order chi connectivity index (χ1) is 16.0. The van der Waals surface area contributed by atoms with Crippen molar-refractivity contribution in [2.45, 2.75) is 51.3 Å². The molecule has 6 nitrogen and oxygen atoms in total. The van der Waals surface area contributed by atoms with Crippen molar-refractivity contribution in [1.29, 1.82) is 0 Å². The van der Waals surface area contributed by atoms with Crippen molar-refractivity contribution in [1.82, 2.24) is 9.80 Å². The van der Waals surface area contributed by atoms with Gasteiger partial charge in [0.2, 0.25) is 0 Å². The van der Waals surface area contributed by atoms with Gasteiger partial charge in [-0.2, -0.15) is 0 Å². The number of carbonyl (C=O) groups is 2. The summed E-state index contributed by atoms with van der Waals surface area (Å²) >= 11 is 0. The number of anilines is 1. The summed E-state index contributed by atoms with van der Waals surface area (Å²) in [6.07, 6.45) is 1.48. The van der Waals surface area contributed by atoms with E-state index >= 15 is 0 Å². The van der Waals surface area contributed by atoms with Crippen molar-refractivity contribution in [3.63, 3.8) is 0 Å². The standard InChI is InChI=1S/C24H25F4N3O3/c1-24(2,34)22(32)30-9-7-14(8-10-30)13-3-5-15(6-4-13)29-23(33)31-11-16-17(12-31)19(26)21(28)20(27)18(16)25/h3-6,14,34H,7-12H2,1-2H3,(H,29,33). The predicted molar refractivity (Wildman–Crippen MR) is 116 cm³/mol. The maximum Gasteiger partial charge on any atom is 0.322 e. The number of piperidine rings is 1. The molecule has 0 bridgehead atoms. The maximum absolute atomic E-state index is 14.0. The van der Waals surface area contributed by atoms with Crippen LogP contribution in [0.25, 0.3) is 0 Å². The second-order valence-electron chi connectivity index (χ2n) is 9.25. The number of hydrogen-bond donors (Lipinski definition) is 2. The fourth-order valence-corrected chi connectivity index (χ4v) is 4.48. The molecule has 1 saturated heterocycles. The number of aliphatic hydroxyl groups is 1. The Morgan fingerprint density at radius 3 is 1.85 bits per heavy atom. The van der Waals surface area contributed by atoms with Gasteiger partial charge in [-0.1, -0.05) is 12.1 Å². The minimum Gasteiger partial charge on any atom is -0.381 e. The predicted octanol–water partition coefficient (Wildman–Crippen LogP) is 4.27. The van der Waals surface area contributed by atoms with E-state index in [0.717, 1.165) is 23.3 Å². The molecule has 0 atom stereocenters. The molecule has 2 aromatic carbocycles. The Morgan fingerprint density at radius 2 is 1.38 bits per heavy atom. The Hall–Kier alpha value is -3.14. The summed E-state index contributed by atoms with van der Waals surface area (Å²) in [5.74, 6) is -6.81. The van der Waals surface area contributed by atoms with E-state index in [4.69, 9.17) is 0 Å². The van der Waals surface area contributed by atoms with Gasteiger partial charge < -0.3 is 20.2 Å². The topological polar surface area (TPSA) is 72.9 Å². The van der Waals surface area contributed by atoms with Gasteiger partial charge in [0, 0.05) is 29.9 Å². The first kappa shape index (κ1) is 24.0. The van der Waals surface area contributed by atoms with Gasteiger partial charge in [-0.3, -0.25) is 4.79 Å². The molecule has 0 saturated carbocycles.